The van der Waals surface area contributed by atoms with Crippen molar-refractivity contribution in [2.45, 2.75) is 19.4 Å². The maximum atomic E-state index is 12.0. The molecule has 1 aromatic carbocycles. The lowest BCUT2D eigenvalue weighted by Gasteiger charge is -2.10. The zero-order valence-corrected chi connectivity index (χ0v) is 14.9. The molecule has 0 saturated carbocycles. The standard InChI is InChI=1S/C15H19ClN4O3S/c1-10-8-14(18-15(21)13(17)6-7-24(2,22)23)19-20(10)12-5-3-4-11(16)9-12/h3-5,8-9,13H,6-7,17H2,1-2H3,(H,18,19,21). The first-order chi connectivity index (χ1) is 11.2. The van der Waals surface area contributed by atoms with Crippen molar-refractivity contribution in [1.82, 2.24) is 9.78 Å². The number of amides is 1. The second kappa shape index (κ2) is 7.33. The third-order valence-corrected chi connectivity index (χ3v) is 4.54. The molecule has 24 heavy (non-hydrogen) atoms. The largest absolute Gasteiger partial charge is 0.320 e. The van der Waals surface area contributed by atoms with Gasteiger partial charge >= 0.3 is 0 Å². The molecule has 1 heterocycles. The highest BCUT2D eigenvalue weighted by Gasteiger charge is 2.17. The van der Waals surface area contributed by atoms with Crippen molar-refractivity contribution < 1.29 is 13.2 Å². The number of rotatable bonds is 6. The Balaban J connectivity index is 2.08. The van der Waals surface area contributed by atoms with E-state index < -0.39 is 21.8 Å². The van der Waals surface area contributed by atoms with Crippen LogP contribution in [0.1, 0.15) is 12.1 Å². The molecule has 0 radical (unpaired) electrons. The summed E-state index contributed by atoms with van der Waals surface area (Å²) in [6, 6.07) is 7.94. The van der Waals surface area contributed by atoms with Gasteiger partial charge in [-0.25, -0.2) is 13.1 Å². The van der Waals surface area contributed by atoms with E-state index in [1.54, 1.807) is 28.9 Å². The number of nitrogens with zero attached hydrogens (tertiary/aromatic N) is 2. The van der Waals surface area contributed by atoms with Crippen LogP contribution in [0.4, 0.5) is 5.82 Å². The lowest BCUT2D eigenvalue weighted by molar-refractivity contribution is -0.117. The number of hydrogen-bond acceptors (Lipinski definition) is 5. The number of halogens is 1. The average molecular weight is 371 g/mol. The maximum absolute atomic E-state index is 12.0. The van der Waals surface area contributed by atoms with Crippen LogP contribution in [-0.2, 0) is 14.6 Å². The summed E-state index contributed by atoms with van der Waals surface area (Å²) in [4.78, 5) is 12.0. The van der Waals surface area contributed by atoms with Crippen LogP contribution in [0.15, 0.2) is 30.3 Å². The predicted octanol–water partition coefficient (Wildman–Crippen LogP) is 1.53. The minimum Gasteiger partial charge on any atom is -0.320 e. The van der Waals surface area contributed by atoms with Crippen LogP contribution in [0, 0.1) is 6.92 Å². The number of benzene rings is 1. The van der Waals surface area contributed by atoms with Crippen molar-refractivity contribution in [3.8, 4) is 5.69 Å². The summed E-state index contributed by atoms with van der Waals surface area (Å²) < 4.78 is 23.9. The summed E-state index contributed by atoms with van der Waals surface area (Å²) in [7, 11) is -3.16. The van der Waals surface area contributed by atoms with Crippen molar-refractivity contribution in [3.63, 3.8) is 0 Å². The average Bonchev–Trinajstić information content (AvgIpc) is 2.84. The summed E-state index contributed by atoms with van der Waals surface area (Å²) in [5.74, 6) is -0.279. The third-order valence-electron chi connectivity index (χ3n) is 3.33. The Morgan fingerprint density at radius 1 is 1.42 bits per heavy atom. The molecular weight excluding hydrogens is 352 g/mol. The highest BCUT2D eigenvalue weighted by Crippen LogP contribution is 2.18. The van der Waals surface area contributed by atoms with Gasteiger partial charge in [-0.1, -0.05) is 17.7 Å². The van der Waals surface area contributed by atoms with Crippen LogP contribution >= 0.6 is 11.6 Å². The van der Waals surface area contributed by atoms with Crippen LogP contribution in [0.5, 0.6) is 0 Å². The molecule has 0 spiro atoms. The number of nitrogens with one attached hydrogen (secondary N) is 1. The van der Waals surface area contributed by atoms with Gasteiger partial charge in [-0.3, -0.25) is 4.79 Å². The van der Waals surface area contributed by atoms with Crippen LogP contribution in [-0.4, -0.2) is 42.2 Å². The molecule has 0 aliphatic carbocycles. The van der Waals surface area contributed by atoms with Gasteiger partial charge in [-0.05, 0) is 31.5 Å². The van der Waals surface area contributed by atoms with Crippen molar-refractivity contribution in [1.29, 1.82) is 0 Å². The van der Waals surface area contributed by atoms with Gasteiger partial charge in [0.1, 0.15) is 9.84 Å². The summed E-state index contributed by atoms with van der Waals surface area (Å²) >= 11 is 5.97. The lowest BCUT2D eigenvalue weighted by atomic mass is 10.2. The van der Waals surface area contributed by atoms with Gasteiger partial charge in [0.15, 0.2) is 5.82 Å². The number of sulfone groups is 1. The van der Waals surface area contributed by atoms with Crippen LogP contribution in [0.25, 0.3) is 5.69 Å². The normalized spacial score (nSPS) is 12.8. The van der Waals surface area contributed by atoms with Crippen molar-refractivity contribution in [2.24, 2.45) is 5.73 Å². The topological polar surface area (TPSA) is 107 Å². The molecule has 2 rings (SSSR count). The van der Waals surface area contributed by atoms with E-state index in [-0.39, 0.29) is 12.2 Å². The number of hydrogen-bond donors (Lipinski definition) is 2. The predicted molar refractivity (Wildman–Crippen MR) is 94.2 cm³/mol. The van der Waals surface area contributed by atoms with Crippen molar-refractivity contribution in [2.75, 3.05) is 17.3 Å². The molecule has 3 N–H and O–H groups in total. The third kappa shape index (κ3) is 5.05. The van der Waals surface area contributed by atoms with Crippen LogP contribution in [0.2, 0.25) is 5.02 Å². The Kier molecular flexibility index (Phi) is 5.63. The molecule has 0 bridgehead atoms. The van der Waals surface area contributed by atoms with Crippen LogP contribution < -0.4 is 11.1 Å². The van der Waals surface area contributed by atoms with Crippen LogP contribution in [0.3, 0.4) is 0 Å². The quantitative estimate of drug-likeness (QED) is 0.801. The van der Waals surface area contributed by atoms with E-state index in [1.165, 1.54) is 0 Å². The highest BCUT2D eigenvalue weighted by molar-refractivity contribution is 7.90. The number of aryl methyl sites for hydroxylation is 1. The van der Waals surface area contributed by atoms with E-state index >= 15 is 0 Å². The van der Waals surface area contributed by atoms with Gasteiger partial charge in [0.05, 0.1) is 17.5 Å². The Bertz CT molecular complexity index is 848. The molecule has 7 nitrogen and oxygen atoms in total. The molecular formula is C15H19ClN4O3S. The second-order valence-corrected chi connectivity index (χ2v) is 8.27. The minimum absolute atomic E-state index is 0.0542. The summed E-state index contributed by atoms with van der Waals surface area (Å²) in [6.45, 7) is 1.84. The molecule has 1 unspecified atom stereocenters. The molecule has 9 heteroatoms. The first-order valence-electron chi connectivity index (χ1n) is 7.22. The maximum Gasteiger partial charge on any atom is 0.242 e. The summed E-state index contributed by atoms with van der Waals surface area (Å²) in [6.07, 6.45) is 1.16. The summed E-state index contributed by atoms with van der Waals surface area (Å²) in [5, 5.41) is 7.48. The van der Waals surface area contributed by atoms with E-state index in [2.05, 4.69) is 10.4 Å². The fourth-order valence-corrected chi connectivity index (χ4v) is 2.96. The fraction of sp³-hybridized carbons (Fsp3) is 0.333. The minimum atomic E-state index is -3.16. The number of carbonyl (C=O) groups is 1. The molecule has 1 atom stereocenters. The molecule has 0 fully saturated rings. The smallest absolute Gasteiger partial charge is 0.242 e. The fourth-order valence-electron chi connectivity index (χ4n) is 2.10. The number of nitrogens with two attached hydrogens (primary N) is 1. The van der Waals surface area contributed by atoms with Gasteiger partial charge in [0, 0.05) is 23.0 Å². The molecule has 1 aromatic heterocycles. The molecule has 0 aliphatic heterocycles. The Morgan fingerprint density at radius 2 is 2.12 bits per heavy atom. The van der Waals surface area contributed by atoms with Crippen molar-refractivity contribution in [3.05, 3.63) is 41.0 Å². The Labute approximate surface area is 145 Å². The van der Waals surface area contributed by atoms with E-state index in [9.17, 15) is 13.2 Å². The zero-order chi connectivity index (χ0) is 17.9. The van der Waals surface area contributed by atoms with Gasteiger partial charge < -0.3 is 11.1 Å². The number of carbonyl (C=O) groups excluding carboxylic acids is 1. The SMILES string of the molecule is Cc1cc(NC(=O)C(N)CCS(C)(=O)=O)nn1-c1cccc(Cl)c1. The summed E-state index contributed by atoms with van der Waals surface area (Å²) in [5.41, 5.74) is 7.29. The first-order valence-corrected chi connectivity index (χ1v) is 9.66. The van der Waals surface area contributed by atoms with Gasteiger partial charge in [-0.2, -0.15) is 0 Å². The Hall–Kier alpha value is -1.90. The van der Waals surface area contributed by atoms with E-state index in [0.717, 1.165) is 17.6 Å². The highest BCUT2D eigenvalue weighted by atomic mass is 35.5. The van der Waals surface area contributed by atoms with Gasteiger partial charge in [-0.15, -0.1) is 5.10 Å². The molecule has 0 saturated heterocycles. The molecule has 2 aromatic rings. The number of anilines is 1. The van der Waals surface area contributed by atoms with Gasteiger partial charge in [0.25, 0.3) is 0 Å². The van der Waals surface area contributed by atoms with Crippen molar-refractivity contribution >= 4 is 33.2 Å². The van der Waals surface area contributed by atoms with E-state index in [4.69, 9.17) is 17.3 Å². The first kappa shape index (κ1) is 18.4. The monoisotopic (exact) mass is 370 g/mol. The van der Waals surface area contributed by atoms with Gasteiger partial charge in [0.2, 0.25) is 5.91 Å². The zero-order valence-electron chi connectivity index (χ0n) is 13.4. The van der Waals surface area contributed by atoms with E-state index in [1.807, 2.05) is 13.0 Å². The lowest BCUT2D eigenvalue weighted by Crippen LogP contribution is -2.37. The molecule has 1 amide bonds. The molecule has 0 aliphatic rings. The molecule has 130 valence electrons. The van der Waals surface area contributed by atoms with E-state index in [0.29, 0.717) is 10.8 Å². The Morgan fingerprint density at radius 3 is 2.75 bits per heavy atom. The second-order valence-electron chi connectivity index (χ2n) is 5.58. The number of aromatic nitrogens is 2.